The summed E-state index contributed by atoms with van der Waals surface area (Å²) in [5.41, 5.74) is 6.42. The maximum absolute atomic E-state index is 11.9. The number of nitrogens with zero attached hydrogens (tertiary/aromatic N) is 1. The Hall–Kier alpha value is -0.810. The van der Waals surface area contributed by atoms with Gasteiger partial charge in [-0.3, -0.25) is 4.79 Å². The van der Waals surface area contributed by atoms with Crippen molar-refractivity contribution in [3.8, 4) is 0 Å². The molecule has 19 heavy (non-hydrogen) atoms. The summed E-state index contributed by atoms with van der Waals surface area (Å²) < 4.78 is 5.10. The molecule has 0 fully saturated rings. The predicted octanol–water partition coefficient (Wildman–Crippen LogP) is 2.08. The van der Waals surface area contributed by atoms with Crippen molar-refractivity contribution < 1.29 is 9.53 Å². The molecule has 2 N–H and O–H groups in total. The van der Waals surface area contributed by atoms with E-state index in [2.05, 4.69) is 0 Å². The van der Waals surface area contributed by atoms with Gasteiger partial charge in [0.25, 0.3) is 0 Å². The summed E-state index contributed by atoms with van der Waals surface area (Å²) in [6.45, 7) is 0.821. The van der Waals surface area contributed by atoms with Gasteiger partial charge in [0.2, 0.25) is 5.91 Å². The van der Waals surface area contributed by atoms with E-state index in [-0.39, 0.29) is 30.8 Å². The lowest BCUT2D eigenvalue weighted by Gasteiger charge is -2.20. The third-order valence-corrected chi connectivity index (χ3v) is 3.16. The highest BCUT2D eigenvalue weighted by molar-refractivity contribution is 6.31. The molecule has 108 valence electrons. The van der Waals surface area contributed by atoms with E-state index < -0.39 is 0 Å². The monoisotopic (exact) mass is 306 g/mol. The summed E-state index contributed by atoms with van der Waals surface area (Å²) >= 11 is 6.05. The SMILES string of the molecule is COC(CN)CC(=O)N(C)Cc1ccccc1Cl.Cl. The highest BCUT2D eigenvalue weighted by Crippen LogP contribution is 2.16. The summed E-state index contributed by atoms with van der Waals surface area (Å²) in [6.07, 6.45) is 0.0553. The van der Waals surface area contributed by atoms with E-state index >= 15 is 0 Å². The lowest BCUT2D eigenvalue weighted by Crippen LogP contribution is -2.33. The number of nitrogens with two attached hydrogens (primary N) is 1. The summed E-state index contributed by atoms with van der Waals surface area (Å²) in [7, 11) is 3.30. The number of hydrogen-bond acceptors (Lipinski definition) is 3. The third-order valence-electron chi connectivity index (χ3n) is 2.79. The van der Waals surface area contributed by atoms with Crippen LogP contribution < -0.4 is 5.73 Å². The molecule has 0 aromatic heterocycles. The van der Waals surface area contributed by atoms with Crippen LogP contribution in [0.2, 0.25) is 5.02 Å². The van der Waals surface area contributed by atoms with Gasteiger partial charge in [-0.2, -0.15) is 0 Å². The highest BCUT2D eigenvalue weighted by Gasteiger charge is 2.16. The largest absolute Gasteiger partial charge is 0.380 e. The lowest BCUT2D eigenvalue weighted by atomic mass is 10.2. The minimum atomic E-state index is -0.230. The zero-order valence-electron chi connectivity index (χ0n) is 11.1. The summed E-state index contributed by atoms with van der Waals surface area (Å²) in [5, 5.41) is 0.666. The number of halogens is 2. The van der Waals surface area contributed by atoms with E-state index in [0.717, 1.165) is 5.56 Å². The average molecular weight is 307 g/mol. The number of carbonyl (C=O) groups is 1. The maximum atomic E-state index is 11.9. The smallest absolute Gasteiger partial charge is 0.225 e. The molecule has 1 atom stereocenters. The van der Waals surface area contributed by atoms with Crippen LogP contribution in [0.5, 0.6) is 0 Å². The molecule has 0 saturated carbocycles. The van der Waals surface area contributed by atoms with Crippen LogP contribution in [-0.2, 0) is 16.1 Å². The zero-order valence-corrected chi connectivity index (χ0v) is 12.7. The molecule has 1 aromatic carbocycles. The number of amides is 1. The molecular weight excluding hydrogens is 287 g/mol. The normalized spacial score (nSPS) is 11.6. The van der Waals surface area contributed by atoms with Crippen LogP contribution in [0.3, 0.4) is 0 Å². The minimum absolute atomic E-state index is 0. The van der Waals surface area contributed by atoms with E-state index in [9.17, 15) is 4.79 Å². The lowest BCUT2D eigenvalue weighted by molar-refractivity contribution is -0.132. The summed E-state index contributed by atoms with van der Waals surface area (Å²) in [4.78, 5) is 13.6. The molecule has 6 heteroatoms. The highest BCUT2D eigenvalue weighted by atomic mass is 35.5. The molecule has 1 unspecified atom stereocenters. The fourth-order valence-electron chi connectivity index (χ4n) is 1.58. The van der Waals surface area contributed by atoms with Gasteiger partial charge in [0.05, 0.1) is 12.5 Å². The van der Waals surface area contributed by atoms with Gasteiger partial charge in [-0.1, -0.05) is 29.8 Å². The van der Waals surface area contributed by atoms with Crippen LogP contribution in [0, 0.1) is 0 Å². The Balaban J connectivity index is 0.00000324. The van der Waals surface area contributed by atoms with Gasteiger partial charge >= 0.3 is 0 Å². The summed E-state index contributed by atoms with van der Waals surface area (Å²) in [6, 6.07) is 7.48. The van der Waals surface area contributed by atoms with Gasteiger partial charge in [-0.25, -0.2) is 0 Å². The van der Waals surface area contributed by atoms with Crippen LogP contribution in [0.1, 0.15) is 12.0 Å². The first-order valence-electron chi connectivity index (χ1n) is 5.78. The van der Waals surface area contributed by atoms with Crippen molar-refractivity contribution >= 4 is 29.9 Å². The predicted molar refractivity (Wildman–Crippen MR) is 79.6 cm³/mol. The number of carbonyl (C=O) groups excluding carboxylic acids is 1. The molecule has 0 saturated heterocycles. The van der Waals surface area contributed by atoms with Crippen molar-refractivity contribution in [3.05, 3.63) is 34.9 Å². The Labute approximate surface area is 125 Å². The van der Waals surface area contributed by atoms with Crippen LogP contribution >= 0.6 is 24.0 Å². The quantitative estimate of drug-likeness (QED) is 0.875. The van der Waals surface area contributed by atoms with E-state index in [1.54, 1.807) is 19.1 Å². The van der Waals surface area contributed by atoms with Crippen molar-refractivity contribution in [2.24, 2.45) is 5.73 Å². The fourth-order valence-corrected chi connectivity index (χ4v) is 1.78. The van der Waals surface area contributed by atoms with Gasteiger partial charge in [-0.15, -0.1) is 12.4 Å². The second kappa shape index (κ2) is 9.15. The van der Waals surface area contributed by atoms with E-state index in [1.165, 1.54) is 0 Å². The van der Waals surface area contributed by atoms with Gasteiger partial charge in [0, 0.05) is 32.3 Å². The molecule has 0 aliphatic heterocycles. The number of benzene rings is 1. The first-order valence-corrected chi connectivity index (χ1v) is 6.16. The van der Waals surface area contributed by atoms with E-state index in [1.807, 2.05) is 24.3 Å². The standard InChI is InChI=1S/C13H19ClN2O2.ClH/c1-16(13(17)7-11(8-15)18-2)9-10-5-3-4-6-12(10)14;/h3-6,11H,7-9,15H2,1-2H3;1H. The van der Waals surface area contributed by atoms with E-state index in [0.29, 0.717) is 18.1 Å². The molecular formula is C13H20Cl2N2O2. The van der Waals surface area contributed by atoms with Crippen LogP contribution in [0.25, 0.3) is 0 Å². The molecule has 4 nitrogen and oxygen atoms in total. The van der Waals surface area contributed by atoms with Crippen molar-refractivity contribution in [2.45, 2.75) is 19.1 Å². The number of methoxy groups -OCH3 is 1. The molecule has 0 aliphatic rings. The van der Waals surface area contributed by atoms with Crippen molar-refractivity contribution in [3.63, 3.8) is 0 Å². The van der Waals surface area contributed by atoms with Crippen molar-refractivity contribution in [1.29, 1.82) is 0 Å². The molecule has 1 rings (SSSR count). The van der Waals surface area contributed by atoms with Crippen LogP contribution in [0.15, 0.2) is 24.3 Å². The van der Waals surface area contributed by atoms with Gasteiger partial charge in [-0.05, 0) is 11.6 Å². The molecule has 0 heterocycles. The van der Waals surface area contributed by atoms with E-state index in [4.69, 9.17) is 22.1 Å². The van der Waals surface area contributed by atoms with Crippen LogP contribution in [-0.4, -0.2) is 37.6 Å². The molecule has 0 radical (unpaired) electrons. The minimum Gasteiger partial charge on any atom is -0.380 e. The Morgan fingerprint density at radius 3 is 2.63 bits per heavy atom. The first-order chi connectivity index (χ1) is 8.58. The Morgan fingerprint density at radius 1 is 1.47 bits per heavy atom. The topological polar surface area (TPSA) is 55.6 Å². The molecule has 0 aliphatic carbocycles. The molecule has 0 bridgehead atoms. The van der Waals surface area contributed by atoms with Crippen LogP contribution in [0.4, 0.5) is 0 Å². The number of hydrogen-bond donors (Lipinski definition) is 1. The molecule has 0 spiro atoms. The van der Waals surface area contributed by atoms with Gasteiger partial charge < -0.3 is 15.4 Å². The van der Waals surface area contributed by atoms with Gasteiger partial charge in [0.1, 0.15) is 0 Å². The Kier molecular flexibility index (Phi) is 8.76. The second-order valence-electron chi connectivity index (χ2n) is 4.14. The Morgan fingerprint density at radius 2 is 2.11 bits per heavy atom. The fraction of sp³-hybridized carbons (Fsp3) is 0.462. The average Bonchev–Trinajstić information content (AvgIpc) is 2.38. The summed E-state index contributed by atoms with van der Waals surface area (Å²) in [5.74, 6) is -0.00720. The second-order valence-corrected chi connectivity index (χ2v) is 4.55. The zero-order chi connectivity index (χ0) is 13.5. The molecule has 1 aromatic rings. The molecule has 1 amide bonds. The number of rotatable bonds is 6. The van der Waals surface area contributed by atoms with Crippen molar-refractivity contribution in [2.75, 3.05) is 20.7 Å². The Bertz CT molecular complexity index is 398. The maximum Gasteiger partial charge on any atom is 0.225 e. The van der Waals surface area contributed by atoms with Gasteiger partial charge in [0.15, 0.2) is 0 Å². The van der Waals surface area contributed by atoms with Crippen molar-refractivity contribution in [1.82, 2.24) is 4.90 Å². The number of ether oxygens (including phenoxy) is 1. The first kappa shape index (κ1) is 18.2. The third kappa shape index (κ3) is 5.78.